The Bertz CT molecular complexity index is 1250. The summed E-state index contributed by atoms with van der Waals surface area (Å²) < 4.78 is 37.5. The van der Waals surface area contributed by atoms with Gasteiger partial charge in [0.2, 0.25) is 10.0 Å². The predicted molar refractivity (Wildman–Crippen MR) is 109 cm³/mol. The molecular weight excluding hydrogens is 418 g/mol. The Morgan fingerprint density at radius 2 is 1.79 bits per heavy atom. The van der Waals surface area contributed by atoms with Crippen LogP contribution in [0.15, 0.2) is 56.6 Å². The first-order chi connectivity index (χ1) is 13.6. The van der Waals surface area contributed by atoms with Crippen LogP contribution >= 0.6 is 11.6 Å². The molecule has 29 heavy (non-hydrogen) atoms. The lowest BCUT2D eigenvalue weighted by Crippen LogP contribution is -2.40. The molecule has 7 nitrogen and oxygen atoms in total. The predicted octanol–water partition coefficient (Wildman–Crippen LogP) is 3.34. The molecule has 1 aromatic heterocycles. The van der Waals surface area contributed by atoms with E-state index in [-0.39, 0.29) is 21.3 Å². The fourth-order valence-electron chi connectivity index (χ4n) is 2.66. The van der Waals surface area contributed by atoms with Gasteiger partial charge in [-0.05, 0) is 44.5 Å². The minimum absolute atomic E-state index is 0.0312. The molecular formula is C20H18ClNO6S. The third kappa shape index (κ3) is 4.67. The average Bonchev–Trinajstić information content (AvgIpc) is 2.63. The van der Waals surface area contributed by atoms with E-state index in [1.807, 2.05) is 6.92 Å². The lowest BCUT2D eigenvalue weighted by Gasteiger charge is -2.15. The van der Waals surface area contributed by atoms with Gasteiger partial charge in [-0.1, -0.05) is 29.3 Å². The molecule has 1 N–H and O–H groups in total. The van der Waals surface area contributed by atoms with Crippen molar-refractivity contribution in [1.82, 2.24) is 4.72 Å². The molecule has 2 aromatic carbocycles. The molecule has 0 saturated carbocycles. The Morgan fingerprint density at radius 3 is 2.45 bits per heavy atom. The fourth-order valence-corrected chi connectivity index (χ4v) is 4.06. The Hall–Kier alpha value is -2.68. The van der Waals surface area contributed by atoms with E-state index in [1.54, 1.807) is 19.1 Å². The zero-order valence-electron chi connectivity index (χ0n) is 15.9. The molecule has 3 rings (SSSR count). The van der Waals surface area contributed by atoms with Gasteiger partial charge in [-0.15, -0.1) is 0 Å². The summed E-state index contributed by atoms with van der Waals surface area (Å²) in [5.41, 5.74) is 1.23. The summed E-state index contributed by atoms with van der Waals surface area (Å²) in [4.78, 5) is 24.0. The molecule has 1 unspecified atom stereocenters. The summed E-state index contributed by atoms with van der Waals surface area (Å²) in [5, 5.41) is 0.721. The molecule has 0 radical (unpaired) electrons. The van der Waals surface area contributed by atoms with Crippen molar-refractivity contribution in [2.75, 3.05) is 0 Å². The van der Waals surface area contributed by atoms with E-state index in [1.165, 1.54) is 37.3 Å². The van der Waals surface area contributed by atoms with Gasteiger partial charge in [0.15, 0.2) is 5.75 Å². The van der Waals surface area contributed by atoms with Crippen LogP contribution < -0.4 is 15.1 Å². The molecule has 9 heteroatoms. The number of carbonyl (C=O) groups excluding carboxylic acids is 1. The zero-order chi connectivity index (χ0) is 21.3. The van der Waals surface area contributed by atoms with Gasteiger partial charge in [-0.25, -0.2) is 18.0 Å². The van der Waals surface area contributed by atoms with Crippen molar-refractivity contribution in [2.24, 2.45) is 0 Å². The first kappa shape index (κ1) is 21.0. The molecule has 0 bridgehead atoms. The van der Waals surface area contributed by atoms with Crippen LogP contribution in [0, 0.1) is 13.8 Å². The van der Waals surface area contributed by atoms with E-state index in [4.69, 9.17) is 20.8 Å². The molecule has 0 aliphatic heterocycles. The quantitative estimate of drug-likeness (QED) is 0.374. The van der Waals surface area contributed by atoms with Crippen molar-refractivity contribution in [3.8, 4) is 5.75 Å². The van der Waals surface area contributed by atoms with Gasteiger partial charge >= 0.3 is 11.6 Å². The number of hydrogen-bond acceptors (Lipinski definition) is 6. The number of aryl methyl sites for hydroxylation is 2. The standard InChI is InChI=1S/C20H18ClNO6S/c1-11-4-6-14(7-5-11)29(25,26)22-13(3)20(24)28-18-10-17-15(9-16(18)21)12(2)8-19(23)27-17/h4-10,13,22H,1-3H3. The van der Waals surface area contributed by atoms with Gasteiger partial charge in [0.25, 0.3) is 0 Å². The van der Waals surface area contributed by atoms with Crippen LogP contribution in [-0.2, 0) is 14.8 Å². The van der Waals surface area contributed by atoms with Crippen molar-refractivity contribution in [3.05, 3.63) is 69.0 Å². The third-order valence-corrected chi connectivity index (χ3v) is 6.08. The Labute approximate surface area is 172 Å². The highest BCUT2D eigenvalue weighted by Crippen LogP contribution is 2.31. The van der Waals surface area contributed by atoms with Gasteiger partial charge < -0.3 is 9.15 Å². The minimum atomic E-state index is -3.91. The third-order valence-electron chi connectivity index (χ3n) is 4.23. The van der Waals surface area contributed by atoms with Crippen LogP contribution in [0.3, 0.4) is 0 Å². The number of carbonyl (C=O) groups is 1. The van der Waals surface area contributed by atoms with E-state index in [0.717, 1.165) is 5.56 Å². The molecule has 0 fully saturated rings. The smallest absolute Gasteiger partial charge is 0.336 e. The molecule has 3 aromatic rings. The molecule has 1 atom stereocenters. The van der Waals surface area contributed by atoms with Crippen molar-refractivity contribution >= 4 is 38.6 Å². The molecule has 0 spiro atoms. The average molecular weight is 436 g/mol. The number of nitrogens with one attached hydrogen (secondary N) is 1. The number of ether oxygens (including phenoxy) is 1. The van der Waals surface area contributed by atoms with E-state index in [2.05, 4.69) is 4.72 Å². The van der Waals surface area contributed by atoms with Crippen molar-refractivity contribution in [2.45, 2.75) is 31.7 Å². The minimum Gasteiger partial charge on any atom is -0.424 e. The van der Waals surface area contributed by atoms with Crippen molar-refractivity contribution < 1.29 is 22.4 Å². The number of halogens is 1. The number of hydrogen-bond donors (Lipinski definition) is 1. The number of esters is 1. The molecule has 152 valence electrons. The normalized spacial score (nSPS) is 12.7. The van der Waals surface area contributed by atoms with Gasteiger partial charge in [0, 0.05) is 17.5 Å². The Balaban J connectivity index is 1.81. The monoisotopic (exact) mass is 435 g/mol. The number of fused-ring (bicyclic) bond motifs is 1. The summed E-state index contributed by atoms with van der Waals surface area (Å²) in [6, 6.07) is 9.18. The fraction of sp³-hybridized carbons (Fsp3) is 0.200. The number of rotatable bonds is 5. The molecule has 0 aliphatic carbocycles. The highest BCUT2D eigenvalue weighted by molar-refractivity contribution is 7.89. The van der Waals surface area contributed by atoms with Crippen LogP contribution in [0.5, 0.6) is 5.75 Å². The largest absolute Gasteiger partial charge is 0.424 e. The van der Waals surface area contributed by atoms with Gasteiger partial charge in [0.05, 0.1) is 9.92 Å². The second-order valence-electron chi connectivity index (χ2n) is 6.60. The van der Waals surface area contributed by atoms with Gasteiger partial charge in [0.1, 0.15) is 11.6 Å². The maximum absolute atomic E-state index is 12.4. The van der Waals surface area contributed by atoms with Crippen molar-refractivity contribution in [1.29, 1.82) is 0 Å². The van der Waals surface area contributed by atoms with E-state index in [9.17, 15) is 18.0 Å². The van der Waals surface area contributed by atoms with Crippen LogP contribution in [-0.4, -0.2) is 20.4 Å². The maximum Gasteiger partial charge on any atom is 0.336 e. The summed E-state index contributed by atoms with van der Waals surface area (Å²) in [6.45, 7) is 4.91. The summed E-state index contributed by atoms with van der Waals surface area (Å²) >= 11 is 6.17. The molecule has 0 aliphatic rings. The van der Waals surface area contributed by atoms with Crippen molar-refractivity contribution in [3.63, 3.8) is 0 Å². The SMILES string of the molecule is Cc1ccc(S(=O)(=O)NC(C)C(=O)Oc2cc3oc(=O)cc(C)c3cc2Cl)cc1. The maximum atomic E-state index is 12.4. The van der Waals surface area contributed by atoms with Gasteiger partial charge in [-0.3, -0.25) is 0 Å². The first-order valence-electron chi connectivity index (χ1n) is 8.61. The topological polar surface area (TPSA) is 103 Å². The molecule has 0 saturated heterocycles. The van der Waals surface area contributed by atoms with Crippen LogP contribution in [0.25, 0.3) is 11.0 Å². The summed E-state index contributed by atoms with van der Waals surface area (Å²) in [6.07, 6.45) is 0. The van der Waals surface area contributed by atoms with Crippen LogP contribution in [0.1, 0.15) is 18.1 Å². The summed E-state index contributed by atoms with van der Waals surface area (Å²) in [7, 11) is -3.91. The molecule has 1 heterocycles. The summed E-state index contributed by atoms with van der Waals surface area (Å²) in [5.74, 6) is -0.906. The lowest BCUT2D eigenvalue weighted by molar-refractivity contribution is -0.135. The molecule has 0 amide bonds. The van der Waals surface area contributed by atoms with Gasteiger partial charge in [-0.2, -0.15) is 4.72 Å². The van der Waals surface area contributed by atoms with Crippen LogP contribution in [0.2, 0.25) is 5.02 Å². The van der Waals surface area contributed by atoms with Crippen LogP contribution in [0.4, 0.5) is 0 Å². The zero-order valence-corrected chi connectivity index (χ0v) is 17.4. The number of sulfonamides is 1. The second-order valence-corrected chi connectivity index (χ2v) is 8.73. The Morgan fingerprint density at radius 1 is 1.14 bits per heavy atom. The van der Waals surface area contributed by atoms with E-state index < -0.39 is 27.7 Å². The Kier molecular flexibility index (Phi) is 5.79. The highest BCUT2D eigenvalue weighted by atomic mass is 35.5. The van der Waals surface area contributed by atoms with E-state index >= 15 is 0 Å². The van der Waals surface area contributed by atoms with E-state index in [0.29, 0.717) is 10.9 Å². The lowest BCUT2D eigenvalue weighted by atomic mass is 10.1. The highest BCUT2D eigenvalue weighted by Gasteiger charge is 2.24. The number of benzene rings is 2. The first-order valence-corrected chi connectivity index (χ1v) is 10.5. The second kappa shape index (κ2) is 7.98.